The second-order valence-corrected chi connectivity index (χ2v) is 7.96. The van der Waals surface area contributed by atoms with Gasteiger partial charge in [-0.25, -0.2) is 14.4 Å². The topological polar surface area (TPSA) is 100 Å². The SMILES string of the molecule is COC(=O)c1c(C(=O)OC)c2cc(C(=O)OC(C)C)ccn2c1C(=O)c1ccc(Br)cc1. The van der Waals surface area contributed by atoms with Crippen LogP contribution >= 0.6 is 15.9 Å². The molecule has 0 saturated heterocycles. The maximum atomic E-state index is 13.4. The van der Waals surface area contributed by atoms with Crippen molar-refractivity contribution < 1.29 is 33.4 Å². The van der Waals surface area contributed by atoms with Crippen molar-refractivity contribution in [3.8, 4) is 0 Å². The van der Waals surface area contributed by atoms with E-state index in [0.717, 1.165) is 18.7 Å². The molecular formula is C23H20BrNO7. The van der Waals surface area contributed by atoms with Gasteiger partial charge in [0.15, 0.2) is 0 Å². The van der Waals surface area contributed by atoms with Gasteiger partial charge in [0.2, 0.25) is 5.78 Å². The second kappa shape index (κ2) is 9.35. The van der Waals surface area contributed by atoms with E-state index in [1.165, 1.54) is 22.7 Å². The number of halogens is 1. The van der Waals surface area contributed by atoms with Crippen LogP contribution in [0.25, 0.3) is 5.52 Å². The molecule has 0 atom stereocenters. The largest absolute Gasteiger partial charge is 0.465 e. The number of aromatic nitrogens is 1. The Morgan fingerprint density at radius 3 is 2.00 bits per heavy atom. The van der Waals surface area contributed by atoms with E-state index >= 15 is 0 Å². The van der Waals surface area contributed by atoms with Gasteiger partial charge in [-0.2, -0.15) is 0 Å². The predicted molar refractivity (Wildman–Crippen MR) is 118 cm³/mol. The molecule has 0 N–H and O–H groups in total. The van der Waals surface area contributed by atoms with E-state index in [1.54, 1.807) is 38.1 Å². The third-order valence-electron chi connectivity index (χ3n) is 4.62. The maximum absolute atomic E-state index is 13.4. The van der Waals surface area contributed by atoms with Gasteiger partial charge in [0.05, 0.1) is 31.4 Å². The van der Waals surface area contributed by atoms with Crippen molar-refractivity contribution in [2.24, 2.45) is 0 Å². The molecule has 166 valence electrons. The summed E-state index contributed by atoms with van der Waals surface area (Å²) in [5.74, 6) is -2.87. The van der Waals surface area contributed by atoms with E-state index in [9.17, 15) is 19.2 Å². The zero-order chi connectivity index (χ0) is 23.6. The van der Waals surface area contributed by atoms with Crippen molar-refractivity contribution in [1.82, 2.24) is 4.40 Å². The van der Waals surface area contributed by atoms with E-state index in [-0.39, 0.29) is 39.6 Å². The third-order valence-corrected chi connectivity index (χ3v) is 5.15. The highest BCUT2D eigenvalue weighted by Crippen LogP contribution is 2.29. The Hall–Kier alpha value is -3.46. The third kappa shape index (κ3) is 4.29. The Morgan fingerprint density at radius 1 is 0.844 bits per heavy atom. The Balaban J connectivity index is 2.35. The molecule has 9 heteroatoms. The quantitative estimate of drug-likeness (QED) is 0.285. The van der Waals surface area contributed by atoms with Crippen LogP contribution in [0.5, 0.6) is 0 Å². The normalized spacial score (nSPS) is 10.8. The number of fused-ring (bicyclic) bond motifs is 1. The van der Waals surface area contributed by atoms with Crippen molar-refractivity contribution in [3.63, 3.8) is 0 Å². The number of pyridine rings is 1. The maximum Gasteiger partial charge on any atom is 0.341 e. The molecule has 0 fully saturated rings. The number of rotatable bonds is 6. The average molecular weight is 502 g/mol. The van der Waals surface area contributed by atoms with E-state index in [2.05, 4.69) is 15.9 Å². The minimum absolute atomic E-state index is 0.0849. The van der Waals surface area contributed by atoms with Crippen molar-refractivity contribution >= 4 is 45.1 Å². The van der Waals surface area contributed by atoms with E-state index < -0.39 is 23.7 Å². The smallest absolute Gasteiger partial charge is 0.341 e. The monoisotopic (exact) mass is 501 g/mol. The van der Waals surface area contributed by atoms with Gasteiger partial charge < -0.3 is 18.6 Å². The summed E-state index contributed by atoms with van der Waals surface area (Å²) in [5.41, 5.74) is 0.0558. The fraction of sp³-hybridized carbons (Fsp3) is 0.217. The molecule has 1 aromatic carbocycles. The minimum atomic E-state index is -0.888. The lowest BCUT2D eigenvalue weighted by atomic mass is 10.0. The van der Waals surface area contributed by atoms with Gasteiger partial charge in [-0.3, -0.25) is 4.79 Å². The van der Waals surface area contributed by atoms with Crippen LogP contribution in [0.2, 0.25) is 0 Å². The zero-order valence-electron chi connectivity index (χ0n) is 17.8. The summed E-state index contributed by atoms with van der Waals surface area (Å²) in [6, 6.07) is 9.35. The molecule has 0 aliphatic heterocycles. The molecular weight excluding hydrogens is 482 g/mol. The van der Waals surface area contributed by atoms with Crippen molar-refractivity contribution in [2.75, 3.05) is 14.2 Å². The number of nitrogens with zero attached hydrogens (tertiary/aromatic N) is 1. The number of esters is 3. The van der Waals surface area contributed by atoms with Gasteiger partial charge in [0.25, 0.3) is 0 Å². The number of carbonyl (C=O) groups is 4. The fourth-order valence-corrected chi connectivity index (χ4v) is 3.50. The van der Waals surface area contributed by atoms with Crippen molar-refractivity contribution in [3.05, 3.63) is 75.0 Å². The summed E-state index contributed by atoms with van der Waals surface area (Å²) in [6.07, 6.45) is 1.07. The molecule has 0 aliphatic rings. The zero-order valence-corrected chi connectivity index (χ0v) is 19.4. The lowest BCUT2D eigenvalue weighted by molar-refractivity contribution is 0.0377. The minimum Gasteiger partial charge on any atom is -0.465 e. The number of ketones is 1. The average Bonchev–Trinajstić information content (AvgIpc) is 3.11. The highest BCUT2D eigenvalue weighted by molar-refractivity contribution is 9.10. The molecule has 0 saturated carbocycles. The molecule has 32 heavy (non-hydrogen) atoms. The molecule has 0 unspecified atom stereocenters. The molecule has 2 heterocycles. The molecule has 2 aromatic heterocycles. The number of methoxy groups -OCH3 is 2. The van der Waals surface area contributed by atoms with E-state index in [1.807, 2.05) is 0 Å². The Labute approximate surface area is 192 Å². The summed E-state index contributed by atoms with van der Waals surface area (Å²) in [6.45, 7) is 3.41. The summed E-state index contributed by atoms with van der Waals surface area (Å²) < 4.78 is 17.1. The highest BCUT2D eigenvalue weighted by atomic mass is 79.9. The van der Waals surface area contributed by atoms with Gasteiger partial charge in [-0.05, 0) is 50.2 Å². The Bertz CT molecular complexity index is 1230. The first-order chi connectivity index (χ1) is 15.2. The van der Waals surface area contributed by atoms with Crippen LogP contribution < -0.4 is 0 Å². The van der Waals surface area contributed by atoms with Gasteiger partial charge in [0, 0.05) is 16.2 Å². The lowest BCUT2D eigenvalue weighted by Crippen LogP contribution is -2.15. The highest BCUT2D eigenvalue weighted by Gasteiger charge is 2.33. The van der Waals surface area contributed by atoms with Crippen LogP contribution in [-0.2, 0) is 14.2 Å². The Kier molecular flexibility index (Phi) is 6.78. The summed E-state index contributed by atoms with van der Waals surface area (Å²) in [5, 5.41) is 0. The Morgan fingerprint density at radius 2 is 1.44 bits per heavy atom. The summed E-state index contributed by atoms with van der Waals surface area (Å²) in [7, 11) is 2.30. The molecule has 8 nitrogen and oxygen atoms in total. The van der Waals surface area contributed by atoms with Crippen LogP contribution in [0.15, 0.2) is 47.1 Å². The first kappa shape index (κ1) is 23.2. The lowest BCUT2D eigenvalue weighted by Gasteiger charge is -2.09. The van der Waals surface area contributed by atoms with Crippen LogP contribution in [0.3, 0.4) is 0 Å². The number of hydrogen-bond donors (Lipinski definition) is 0. The molecule has 0 aliphatic carbocycles. The van der Waals surface area contributed by atoms with Crippen LogP contribution in [0, 0.1) is 0 Å². The fourth-order valence-electron chi connectivity index (χ4n) is 3.23. The molecule has 0 amide bonds. The molecule has 0 radical (unpaired) electrons. The standard InChI is InChI=1S/C23H20BrNO7/c1-12(2)32-21(27)14-9-10-25-16(11-14)17(22(28)30-3)18(23(29)31-4)19(25)20(26)13-5-7-15(24)8-6-13/h5-12H,1-4H3. The predicted octanol–water partition coefficient (Wildman–Crippen LogP) is 4.07. The van der Waals surface area contributed by atoms with Crippen molar-refractivity contribution in [1.29, 1.82) is 0 Å². The first-order valence-corrected chi connectivity index (χ1v) is 10.3. The summed E-state index contributed by atoms with van der Waals surface area (Å²) in [4.78, 5) is 51.2. The number of ether oxygens (including phenoxy) is 3. The van der Waals surface area contributed by atoms with Crippen LogP contribution in [0.1, 0.15) is 61.0 Å². The van der Waals surface area contributed by atoms with Crippen LogP contribution in [0.4, 0.5) is 0 Å². The van der Waals surface area contributed by atoms with Gasteiger partial charge in [0.1, 0.15) is 16.8 Å². The molecule has 3 rings (SSSR count). The molecule has 3 aromatic rings. The van der Waals surface area contributed by atoms with Gasteiger partial charge in [-0.1, -0.05) is 15.9 Å². The number of benzene rings is 1. The number of hydrogen-bond acceptors (Lipinski definition) is 7. The molecule has 0 bridgehead atoms. The van der Waals surface area contributed by atoms with Crippen molar-refractivity contribution in [2.45, 2.75) is 20.0 Å². The molecule has 0 spiro atoms. The van der Waals surface area contributed by atoms with Gasteiger partial charge >= 0.3 is 17.9 Å². The summed E-state index contributed by atoms with van der Waals surface area (Å²) >= 11 is 3.31. The van der Waals surface area contributed by atoms with E-state index in [0.29, 0.717) is 0 Å². The first-order valence-electron chi connectivity index (χ1n) is 9.55. The van der Waals surface area contributed by atoms with E-state index in [4.69, 9.17) is 14.2 Å². The van der Waals surface area contributed by atoms with Gasteiger partial charge in [-0.15, -0.1) is 0 Å². The van der Waals surface area contributed by atoms with Crippen LogP contribution in [-0.4, -0.2) is 48.4 Å². The second-order valence-electron chi connectivity index (χ2n) is 7.04. The number of carbonyl (C=O) groups excluding carboxylic acids is 4.